The van der Waals surface area contributed by atoms with E-state index in [0.717, 1.165) is 25.3 Å². The molecule has 0 saturated carbocycles. The van der Waals surface area contributed by atoms with E-state index >= 15 is 0 Å². The highest BCUT2D eigenvalue weighted by Gasteiger charge is 2.19. The molecule has 2 rings (SSSR count). The van der Waals surface area contributed by atoms with Crippen LogP contribution in [0.25, 0.3) is 0 Å². The van der Waals surface area contributed by atoms with Gasteiger partial charge < -0.3 is 9.84 Å². The third kappa shape index (κ3) is 3.15. The first-order valence-electron chi connectivity index (χ1n) is 5.33. The number of pyridine rings is 1. The van der Waals surface area contributed by atoms with Gasteiger partial charge in [0.1, 0.15) is 0 Å². The van der Waals surface area contributed by atoms with Crippen LogP contribution in [0.4, 0.5) is 0 Å². The van der Waals surface area contributed by atoms with Crippen LogP contribution < -0.4 is 0 Å². The number of aliphatic hydroxyl groups excluding tert-OH is 1. The van der Waals surface area contributed by atoms with Crippen LogP contribution >= 0.6 is 11.6 Å². The zero-order valence-corrected chi connectivity index (χ0v) is 9.73. The average molecular weight is 243 g/mol. The standard InChI is InChI=1S/C11H15ClN2O2/c12-9-1-2-13-10(5-9)6-14-3-4-16-11(7-14)8-15/h1-2,5,11,15H,3-4,6-8H2. The molecular weight excluding hydrogens is 228 g/mol. The average Bonchev–Trinajstić information content (AvgIpc) is 2.29. The second-order valence-electron chi connectivity index (χ2n) is 3.88. The molecule has 16 heavy (non-hydrogen) atoms. The molecule has 1 N–H and O–H groups in total. The molecule has 0 amide bonds. The zero-order valence-electron chi connectivity index (χ0n) is 8.97. The van der Waals surface area contributed by atoms with Crippen LogP contribution in [0.3, 0.4) is 0 Å². The second kappa shape index (κ2) is 5.59. The van der Waals surface area contributed by atoms with Crippen LogP contribution in [-0.4, -0.2) is 47.4 Å². The highest BCUT2D eigenvalue weighted by atomic mass is 35.5. The van der Waals surface area contributed by atoms with Crippen molar-refractivity contribution in [1.82, 2.24) is 9.88 Å². The first-order chi connectivity index (χ1) is 7.78. The van der Waals surface area contributed by atoms with Crippen molar-refractivity contribution < 1.29 is 9.84 Å². The van der Waals surface area contributed by atoms with Crippen molar-refractivity contribution in [2.75, 3.05) is 26.3 Å². The Morgan fingerprint density at radius 3 is 3.25 bits per heavy atom. The molecule has 0 aromatic carbocycles. The first kappa shape index (κ1) is 11.8. The van der Waals surface area contributed by atoms with Crippen LogP contribution in [-0.2, 0) is 11.3 Å². The van der Waals surface area contributed by atoms with E-state index in [4.69, 9.17) is 21.4 Å². The smallest absolute Gasteiger partial charge is 0.0933 e. The Balaban J connectivity index is 1.94. The van der Waals surface area contributed by atoms with Crippen LogP contribution in [0, 0.1) is 0 Å². The van der Waals surface area contributed by atoms with Gasteiger partial charge in [-0.2, -0.15) is 0 Å². The van der Waals surface area contributed by atoms with E-state index < -0.39 is 0 Å². The van der Waals surface area contributed by atoms with E-state index in [1.54, 1.807) is 12.3 Å². The normalized spacial score (nSPS) is 22.2. The van der Waals surface area contributed by atoms with Crippen LogP contribution in [0.5, 0.6) is 0 Å². The molecule has 0 spiro atoms. The second-order valence-corrected chi connectivity index (χ2v) is 4.31. The summed E-state index contributed by atoms with van der Waals surface area (Å²) >= 11 is 5.90. The predicted octanol–water partition coefficient (Wildman–Crippen LogP) is 0.928. The molecule has 0 bridgehead atoms. The SMILES string of the molecule is OCC1CN(Cc2cc(Cl)ccn2)CCO1. The minimum absolute atomic E-state index is 0.0689. The molecule has 1 atom stereocenters. The quantitative estimate of drug-likeness (QED) is 0.857. The molecule has 1 unspecified atom stereocenters. The number of aromatic nitrogens is 1. The van der Waals surface area contributed by atoms with Gasteiger partial charge in [-0.1, -0.05) is 11.6 Å². The lowest BCUT2D eigenvalue weighted by Gasteiger charge is -2.31. The largest absolute Gasteiger partial charge is 0.394 e. The summed E-state index contributed by atoms with van der Waals surface area (Å²) in [5.41, 5.74) is 0.950. The van der Waals surface area contributed by atoms with E-state index in [-0.39, 0.29) is 12.7 Å². The lowest BCUT2D eigenvalue weighted by atomic mass is 10.2. The van der Waals surface area contributed by atoms with Gasteiger partial charge in [0.2, 0.25) is 0 Å². The molecule has 4 nitrogen and oxygen atoms in total. The monoisotopic (exact) mass is 242 g/mol. The molecule has 1 aliphatic heterocycles. The van der Waals surface area contributed by atoms with Crippen LogP contribution in [0.2, 0.25) is 5.02 Å². The Bertz CT molecular complexity index is 349. The Morgan fingerprint density at radius 2 is 2.50 bits per heavy atom. The maximum absolute atomic E-state index is 9.03. The molecule has 0 aliphatic carbocycles. The van der Waals surface area contributed by atoms with Gasteiger partial charge in [0, 0.05) is 30.9 Å². The lowest BCUT2D eigenvalue weighted by Crippen LogP contribution is -2.43. The summed E-state index contributed by atoms with van der Waals surface area (Å²) in [5.74, 6) is 0. The minimum Gasteiger partial charge on any atom is -0.394 e. The van der Waals surface area contributed by atoms with Crippen molar-refractivity contribution in [2.24, 2.45) is 0 Å². The summed E-state index contributed by atoms with van der Waals surface area (Å²) < 4.78 is 5.38. The Kier molecular flexibility index (Phi) is 4.12. The maximum Gasteiger partial charge on any atom is 0.0933 e. The lowest BCUT2D eigenvalue weighted by molar-refractivity contribution is -0.0553. The van der Waals surface area contributed by atoms with Crippen LogP contribution in [0.15, 0.2) is 18.3 Å². The Labute approximate surface area is 99.8 Å². The number of hydrogen-bond acceptors (Lipinski definition) is 4. The van der Waals surface area contributed by atoms with Crippen molar-refractivity contribution in [3.63, 3.8) is 0 Å². The first-order valence-corrected chi connectivity index (χ1v) is 5.71. The van der Waals surface area contributed by atoms with E-state index in [2.05, 4.69) is 9.88 Å². The molecule has 1 aromatic rings. The van der Waals surface area contributed by atoms with Crippen molar-refractivity contribution in [1.29, 1.82) is 0 Å². The van der Waals surface area contributed by atoms with E-state index in [1.807, 2.05) is 6.07 Å². The molecule has 1 fully saturated rings. The number of nitrogens with zero attached hydrogens (tertiary/aromatic N) is 2. The predicted molar refractivity (Wildman–Crippen MR) is 61.3 cm³/mol. The molecule has 0 radical (unpaired) electrons. The van der Waals surface area contributed by atoms with E-state index in [0.29, 0.717) is 11.6 Å². The highest BCUT2D eigenvalue weighted by Crippen LogP contribution is 2.12. The molecule has 1 aliphatic rings. The summed E-state index contributed by atoms with van der Waals surface area (Å²) in [6, 6.07) is 3.63. The summed E-state index contributed by atoms with van der Waals surface area (Å²) in [5, 5.41) is 9.74. The van der Waals surface area contributed by atoms with Gasteiger partial charge >= 0.3 is 0 Å². The highest BCUT2D eigenvalue weighted by molar-refractivity contribution is 6.30. The van der Waals surface area contributed by atoms with Gasteiger partial charge in [-0.05, 0) is 12.1 Å². The number of hydrogen-bond donors (Lipinski definition) is 1. The van der Waals surface area contributed by atoms with Gasteiger partial charge in [-0.25, -0.2) is 0 Å². The zero-order chi connectivity index (χ0) is 11.4. The topological polar surface area (TPSA) is 45.6 Å². The maximum atomic E-state index is 9.03. The van der Waals surface area contributed by atoms with Crippen LogP contribution in [0.1, 0.15) is 5.69 Å². The third-order valence-corrected chi connectivity index (χ3v) is 2.83. The summed E-state index contributed by atoms with van der Waals surface area (Å²) in [4.78, 5) is 6.47. The fraction of sp³-hybridized carbons (Fsp3) is 0.545. The van der Waals surface area contributed by atoms with Gasteiger partial charge in [-0.15, -0.1) is 0 Å². The summed E-state index contributed by atoms with van der Waals surface area (Å²) in [7, 11) is 0. The number of ether oxygens (including phenoxy) is 1. The Morgan fingerprint density at radius 1 is 1.62 bits per heavy atom. The minimum atomic E-state index is -0.0760. The molecule has 1 saturated heterocycles. The van der Waals surface area contributed by atoms with Crippen molar-refractivity contribution in [3.05, 3.63) is 29.0 Å². The Hall–Kier alpha value is -0.680. The van der Waals surface area contributed by atoms with Crippen molar-refractivity contribution in [2.45, 2.75) is 12.6 Å². The van der Waals surface area contributed by atoms with Gasteiger partial charge in [-0.3, -0.25) is 9.88 Å². The summed E-state index contributed by atoms with van der Waals surface area (Å²) in [6.45, 7) is 3.08. The fourth-order valence-corrected chi connectivity index (χ4v) is 1.98. The molecule has 1 aromatic heterocycles. The fourth-order valence-electron chi connectivity index (χ4n) is 1.80. The van der Waals surface area contributed by atoms with E-state index in [9.17, 15) is 0 Å². The number of halogens is 1. The number of aliphatic hydroxyl groups is 1. The van der Waals surface area contributed by atoms with Crippen molar-refractivity contribution in [3.8, 4) is 0 Å². The van der Waals surface area contributed by atoms with Gasteiger partial charge in [0.05, 0.1) is 25.0 Å². The van der Waals surface area contributed by atoms with Gasteiger partial charge in [0.25, 0.3) is 0 Å². The third-order valence-electron chi connectivity index (χ3n) is 2.59. The molecule has 88 valence electrons. The van der Waals surface area contributed by atoms with Crippen molar-refractivity contribution >= 4 is 11.6 Å². The molecule has 2 heterocycles. The molecule has 5 heteroatoms. The summed E-state index contributed by atoms with van der Waals surface area (Å²) in [6.07, 6.45) is 1.63. The van der Waals surface area contributed by atoms with Gasteiger partial charge in [0.15, 0.2) is 0 Å². The molecular formula is C11H15ClN2O2. The number of rotatable bonds is 3. The van der Waals surface area contributed by atoms with E-state index in [1.165, 1.54) is 0 Å². The number of morpholine rings is 1.